The first kappa shape index (κ1) is 15.1. The van der Waals surface area contributed by atoms with Gasteiger partial charge in [-0.1, -0.05) is 30.3 Å². The van der Waals surface area contributed by atoms with Gasteiger partial charge in [0.25, 0.3) is 0 Å². The Balaban J connectivity index is 2.32. The Morgan fingerprint density at radius 2 is 1.86 bits per heavy atom. The molecule has 0 bridgehead atoms. The smallest absolute Gasteiger partial charge is 0.305 e. The van der Waals surface area contributed by atoms with Crippen LogP contribution in [0.5, 0.6) is 0 Å². The summed E-state index contributed by atoms with van der Waals surface area (Å²) in [6, 6.07) is 10.3. The molecule has 2 aromatic carbocycles. The number of carbonyl (C=O) groups excluding carboxylic acids is 1. The maximum atomic E-state index is 12.1. The zero-order valence-corrected chi connectivity index (χ0v) is 11.6. The van der Waals surface area contributed by atoms with E-state index in [0.717, 1.165) is 10.8 Å². The van der Waals surface area contributed by atoms with Gasteiger partial charge in [-0.25, -0.2) is 8.42 Å². The van der Waals surface area contributed by atoms with Crippen molar-refractivity contribution in [2.75, 3.05) is 0 Å². The van der Waals surface area contributed by atoms with Crippen LogP contribution in [0.2, 0.25) is 0 Å². The number of hydrogen-bond donors (Lipinski definition) is 2. The van der Waals surface area contributed by atoms with Gasteiger partial charge in [0.1, 0.15) is 0 Å². The third kappa shape index (κ3) is 3.65. The van der Waals surface area contributed by atoms with Crippen molar-refractivity contribution in [3.05, 3.63) is 42.5 Å². The van der Waals surface area contributed by atoms with Gasteiger partial charge in [0, 0.05) is 0 Å². The van der Waals surface area contributed by atoms with Crippen LogP contribution < -0.4 is 4.72 Å². The fourth-order valence-electron chi connectivity index (χ4n) is 1.87. The average molecular weight is 306 g/mol. The van der Waals surface area contributed by atoms with Crippen molar-refractivity contribution in [2.24, 2.45) is 0 Å². The van der Waals surface area contributed by atoms with E-state index in [1.807, 2.05) is 16.9 Å². The molecule has 0 spiro atoms. The van der Waals surface area contributed by atoms with Crippen LogP contribution in [0.15, 0.2) is 47.4 Å². The normalized spacial score (nSPS) is 13.0. The van der Waals surface area contributed by atoms with Crippen molar-refractivity contribution in [2.45, 2.75) is 17.4 Å². The maximum absolute atomic E-state index is 12.1. The lowest BCUT2D eigenvalue weighted by molar-refractivity contribution is -0.137. The van der Waals surface area contributed by atoms with Gasteiger partial charge in [-0.15, -0.1) is 0 Å². The first-order valence-electron chi connectivity index (χ1n) is 6.03. The summed E-state index contributed by atoms with van der Waals surface area (Å²) in [6.45, 7) is 0. The zero-order valence-electron chi connectivity index (χ0n) is 10.8. The van der Waals surface area contributed by atoms with Gasteiger partial charge >= 0.3 is 5.97 Å². The molecule has 6 nitrogen and oxygen atoms in total. The van der Waals surface area contributed by atoms with Crippen LogP contribution in [-0.4, -0.2) is 31.8 Å². The Morgan fingerprint density at radius 1 is 1.19 bits per heavy atom. The van der Waals surface area contributed by atoms with E-state index in [0.29, 0.717) is 0 Å². The molecule has 2 aromatic rings. The lowest BCUT2D eigenvalue weighted by Crippen LogP contribution is -2.37. The first-order valence-corrected chi connectivity index (χ1v) is 7.51. The van der Waals surface area contributed by atoms with Crippen LogP contribution >= 0.6 is 0 Å². The number of sulfonamides is 1. The zero-order chi connectivity index (χ0) is 15.5. The van der Waals surface area contributed by atoms with Crippen LogP contribution in [0.25, 0.3) is 10.8 Å². The summed E-state index contributed by atoms with van der Waals surface area (Å²) in [4.78, 5) is 21.2. The molecule has 2 N–H and O–H groups in total. The number of benzene rings is 2. The molecule has 0 aliphatic rings. The second-order valence-corrected chi connectivity index (χ2v) is 6.11. The lowest BCUT2D eigenvalue weighted by Gasteiger charge is -2.11. The summed E-state index contributed by atoms with van der Waals surface area (Å²) in [6.07, 6.45) is 0.719. The second-order valence-electron chi connectivity index (χ2n) is 4.40. The number of fused-ring (bicyclic) bond motifs is 1. The molecular weight excluding hydrogens is 294 g/mol. The fourth-order valence-corrected chi connectivity index (χ4v) is 3.04. The topological polar surface area (TPSA) is 101 Å². The molecule has 21 heavy (non-hydrogen) atoms. The van der Waals surface area contributed by atoms with Gasteiger partial charge in [-0.05, 0) is 22.9 Å². The number of carboxylic acid groups (broad SMARTS) is 1. The van der Waals surface area contributed by atoms with Crippen LogP contribution in [0.4, 0.5) is 0 Å². The highest BCUT2D eigenvalue weighted by atomic mass is 32.2. The van der Waals surface area contributed by atoms with E-state index >= 15 is 0 Å². The van der Waals surface area contributed by atoms with Crippen molar-refractivity contribution in [1.29, 1.82) is 0 Å². The Bertz CT molecular complexity index is 785. The van der Waals surface area contributed by atoms with Gasteiger partial charge < -0.3 is 5.11 Å². The quantitative estimate of drug-likeness (QED) is 0.831. The van der Waals surface area contributed by atoms with Crippen molar-refractivity contribution >= 4 is 33.1 Å². The minimum absolute atomic E-state index is 0.0353. The van der Waals surface area contributed by atoms with Gasteiger partial charge in [0.15, 0.2) is 0 Å². The Hall–Kier alpha value is -2.25. The standard InChI is InChI=1S/C14H12NO5S/c16-9-12(8-14(17)18)15-21(19,20)13-6-5-10-3-1-2-4-11(10)7-13/h1-7,12,15H,8H2,(H,17,18)/t12-/m0/s1. The molecule has 0 heterocycles. The van der Waals surface area contributed by atoms with E-state index < -0.39 is 28.5 Å². The van der Waals surface area contributed by atoms with E-state index in [4.69, 9.17) is 5.11 Å². The SMILES string of the molecule is O=[C][C@H](CC(=O)O)NS(=O)(=O)c1ccc2ccccc2c1. The molecule has 0 aromatic heterocycles. The molecule has 0 unspecified atom stereocenters. The van der Waals surface area contributed by atoms with E-state index in [9.17, 15) is 18.0 Å². The third-order valence-corrected chi connectivity index (χ3v) is 4.32. The number of aliphatic carboxylic acids is 1. The molecule has 0 amide bonds. The van der Waals surface area contributed by atoms with E-state index in [-0.39, 0.29) is 4.90 Å². The summed E-state index contributed by atoms with van der Waals surface area (Å²) in [5.74, 6) is -1.29. The lowest BCUT2D eigenvalue weighted by atomic mass is 10.1. The number of nitrogens with one attached hydrogen (secondary N) is 1. The predicted octanol–water partition coefficient (Wildman–Crippen LogP) is 1.07. The predicted molar refractivity (Wildman–Crippen MR) is 76.0 cm³/mol. The van der Waals surface area contributed by atoms with Crippen LogP contribution in [0, 0.1) is 0 Å². The third-order valence-electron chi connectivity index (χ3n) is 2.85. The molecule has 1 radical (unpaired) electrons. The first-order chi connectivity index (χ1) is 9.92. The van der Waals surface area contributed by atoms with Gasteiger partial charge in [0.2, 0.25) is 16.3 Å². The van der Waals surface area contributed by atoms with Crippen molar-refractivity contribution < 1.29 is 23.1 Å². The molecule has 7 heteroatoms. The summed E-state index contributed by atoms with van der Waals surface area (Å²) in [5, 5.41) is 10.2. The molecule has 0 aliphatic heterocycles. The molecule has 0 saturated carbocycles. The second kappa shape index (κ2) is 6.02. The van der Waals surface area contributed by atoms with Gasteiger partial charge in [0.05, 0.1) is 17.4 Å². The summed E-state index contributed by atoms with van der Waals surface area (Å²) in [7, 11) is -3.98. The Morgan fingerprint density at radius 3 is 2.48 bits per heavy atom. The number of rotatable bonds is 6. The molecule has 0 aliphatic carbocycles. The number of carboxylic acids is 1. The summed E-state index contributed by atoms with van der Waals surface area (Å²) < 4.78 is 26.3. The van der Waals surface area contributed by atoms with Crippen molar-refractivity contribution in [3.63, 3.8) is 0 Å². The van der Waals surface area contributed by atoms with Crippen molar-refractivity contribution in [1.82, 2.24) is 4.72 Å². The number of hydrogen-bond acceptors (Lipinski definition) is 4. The number of carbonyl (C=O) groups is 1. The van der Waals surface area contributed by atoms with Crippen LogP contribution in [0.1, 0.15) is 6.42 Å². The van der Waals surface area contributed by atoms with E-state index in [2.05, 4.69) is 0 Å². The Kier molecular flexibility index (Phi) is 4.35. The molecule has 109 valence electrons. The van der Waals surface area contributed by atoms with Gasteiger partial charge in [-0.3, -0.25) is 9.59 Å². The Labute approximate surface area is 121 Å². The highest BCUT2D eigenvalue weighted by Crippen LogP contribution is 2.19. The molecule has 0 fully saturated rings. The summed E-state index contributed by atoms with van der Waals surface area (Å²) in [5.41, 5.74) is 0. The van der Waals surface area contributed by atoms with Crippen molar-refractivity contribution in [3.8, 4) is 0 Å². The molecule has 0 saturated heterocycles. The minimum Gasteiger partial charge on any atom is -0.481 e. The van der Waals surface area contributed by atoms with Crippen LogP contribution in [-0.2, 0) is 19.6 Å². The molecule has 1 atom stereocenters. The highest BCUT2D eigenvalue weighted by Gasteiger charge is 2.22. The van der Waals surface area contributed by atoms with Gasteiger partial charge in [-0.2, -0.15) is 4.72 Å². The molecular formula is C14H12NO5S. The average Bonchev–Trinajstić information content (AvgIpc) is 2.45. The fraction of sp³-hybridized carbons (Fsp3) is 0.143. The minimum atomic E-state index is -3.98. The monoisotopic (exact) mass is 306 g/mol. The van der Waals surface area contributed by atoms with E-state index in [1.165, 1.54) is 18.4 Å². The highest BCUT2D eigenvalue weighted by molar-refractivity contribution is 7.89. The summed E-state index contributed by atoms with van der Waals surface area (Å²) >= 11 is 0. The largest absolute Gasteiger partial charge is 0.481 e. The molecule has 2 rings (SSSR count). The van der Waals surface area contributed by atoms with E-state index in [1.54, 1.807) is 18.2 Å². The maximum Gasteiger partial charge on any atom is 0.305 e. The van der Waals surface area contributed by atoms with Crippen LogP contribution in [0.3, 0.4) is 0 Å².